The summed E-state index contributed by atoms with van der Waals surface area (Å²) in [5, 5.41) is 3.70. The number of hydrogen-bond donors (Lipinski definition) is 1. The summed E-state index contributed by atoms with van der Waals surface area (Å²) in [6.45, 7) is 5.66. The zero-order valence-electron chi connectivity index (χ0n) is 12.9. The Morgan fingerprint density at radius 2 is 2.05 bits per heavy atom. The zero-order chi connectivity index (χ0) is 14.0. The Morgan fingerprint density at radius 1 is 1.32 bits per heavy atom. The van der Waals surface area contributed by atoms with E-state index in [1.54, 1.807) is 0 Å². The first-order chi connectivity index (χ1) is 8.97. The Morgan fingerprint density at radius 3 is 2.68 bits per heavy atom. The fourth-order valence-corrected chi connectivity index (χ4v) is 2.84. The molecular formula is C16H27N3. The molecular weight excluding hydrogens is 234 g/mol. The fourth-order valence-electron chi connectivity index (χ4n) is 2.84. The Hall–Kier alpha value is -1.22. The summed E-state index contributed by atoms with van der Waals surface area (Å²) in [7, 11) is 6.42. The first kappa shape index (κ1) is 14.2. The minimum absolute atomic E-state index is 0.601. The Labute approximate surface area is 117 Å². The van der Waals surface area contributed by atoms with Crippen molar-refractivity contribution in [1.82, 2.24) is 4.90 Å². The van der Waals surface area contributed by atoms with Crippen LogP contribution in [0, 0.1) is 6.92 Å². The van der Waals surface area contributed by atoms with E-state index in [0.29, 0.717) is 12.1 Å². The van der Waals surface area contributed by atoms with Crippen LogP contribution in [0.2, 0.25) is 0 Å². The van der Waals surface area contributed by atoms with Gasteiger partial charge < -0.3 is 15.1 Å². The third kappa shape index (κ3) is 3.41. The highest BCUT2D eigenvalue weighted by Crippen LogP contribution is 2.25. The van der Waals surface area contributed by atoms with Crippen LogP contribution in [0.25, 0.3) is 0 Å². The van der Waals surface area contributed by atoms with Gasteiger partial charge in [-0.3, -0.25) is 0 Å². The van der Waals surface area contributed by atoms with Crippen LogP contribution in [-0.4, -0.2) is 44.7 Å². The molecule has 2 rings (SSSR count). The summed E-state index contributed by atoms with van der Waals surface area (Å²) in [5.74, 6) is 0. The Kier molecular flexibility index (Phi) is 4.35. The number of benzene rings is 1. The van der Waals surface area contributed by atoms with Crippen LogP contribution in [0.15, 0.2) is 18.2 Å². The summed E-state index contributed by atoms with van der Waals surface area (Å²) < 4.78 is 0. The second kappa shape index (κ2) is 5.83. The van der Waals surface area contributed by atoms with Crippen molar-refractivity contribution in [3.05, 3.63) is 23.8 Å². The molecule has 3 nitrogen and oxygen atoms in total. The van der Waals surface area contributed by atoms with Gasteiger partial charge in [0.2, 0.25) is 0 Å². The van der Waals surface area contributed by atoms with Crippen LogP contribution in [0.4, 0.5) is 11.4 Å². The number of piperidine rings is 1. The summed E-state index contributed by atoms with van der Waals surface area (Å²) in [6.07, 6.45) is 2.45. The number of nitrogens with zero attached hydrogens (tertiary/aromatic N) is 2. The predicted molar refractivity (Wildman–Crippen MR) is 84.2 cm³/mol. The van der Waals surface area contributed by atoms with E-state index in [9.17, 15) is 0 Å². The maximum absolute atomic E-state index is 3.70. The number of hydrogen-bond acceptors (Lipinski definition) is 3. The van der Waals surface area contributed by atoms with E-state index in [0.717, 1.165) is 0 Å². The molecule has 0 bridgehead atoms. The van der Waals surface area contributed by atoms with Gasteiger partial charge in [-0.1, -0.05) is 6.07 Å². The molecule has 0 spiro atoms. The molecule has 0 aromatic heterocycles. The number of aryl methyl sites for hydroxylation is 1. The number of nitrogens with one attached hydrogen (secondary N) is 1. The molecule has 1 N–H and O–H groups in total. The average Bonchev–Trinajstić information content (AvgIpc) is 2.36. The number of likely N-dealkylation sites (tertiary alicyclic amines) is 1. The van der Waals surface area contributed by atoms with Gasteiger partial charge in [0.1, 0.15) is 0 Å². The molecule has 106 valence electrons. The highest BCUT2D eigenvalue weighted by atomic mass is 15.1. The van der Waals surface area contributed by atoms with Crippen LogP contribution < -0.4 is 10.2 Å². The van der Waals surface area contributed by atoms with Gasteiger partial charge in [0.15, 0.2) is 0 Å². The molecule has 1 aliphatic heterocycles. The van der Waals surface area contributed by atoms with E-state index in [2.05, 4.69) is 68.3 Å². The number of anilines is 2. The molecule has 1 fully saturated rings. The molecule has 1 aliphatic rings. The molecule has 0 saturated carbocycles. The van der Waals surface area contributed by atoms with Gasteiger partial charge in [-0.15, -0.1) is 0 Å². The quantitative estimate of drug-likeness (QED) is 0.902. The van der Waals surface area contributed by atoms with Crippen molar-refractivity contribution in [3.63, 3.8) is 0 Å². The van der Waals surface area contributed by atoms with E-state index >= 15 is 0 Å². The molecule has 3 heteroatoms. The Bertz CT molecular complexity index is 428. The largest absolute Gasteiger partial charge is 0.382 e. The highest BCUT2D eigenvalue weighted by molar-refractivity contribution is 5.62. The van der Waals surface area contributed by atoms with E-state index in [-0.39, 0.29) is 0 Å². The van der Waals surface area contributed by atoms with Gasteiger partial charge in [-0.25, -0.2) is 0 Å². The Balaban J connectivity index is 2.05. The lowest BCUT2D eigenvalue weighted by atomic mass is 9.98. The summed E-state index contributed by atoms with van der Waals surface area (Å²) in [6, 6.07) is 7.94. The van der Waals surface area contributed by atoms with Gasteiger partial charge >= 0.3 is 0 Å². The van der Waals surface area contributed by atoms with E-state index in [1.165, 1.54) is 36.3 Å². The molecule has 0 aliphatic carbocycles. The molecule has 2 unspecified atom stereocenters. The number of rotatable bonds is 3. The van der Waals surface area contributed by atoms with E-state index in [1.807, 2.05) is 0 Å². The standard InChI is InChI=1S/C16H27N3/c1-12-6-7-14(11-16(12)18(3)4)17-15-8-9-19(5)13(2)10-15/h6-7,11,13,15,17H,8-10H2,1-5H3. The average molecular weight is 261 g/mol. The third-order valence-corrected chi connectivity index (χ3v) is 4.27. The summed E-state index contributed by atoms with van der Waals surface area (Å²) >= 11 is 0. The van der Waals surface area contributed by atoms with Gasteiger partial charge in [0, 0.05) is 44.1 Å². The van der Waals surface area contributed by atoms with Crippen LogP contribution in [0.1, 0.15) is 25.3 Å². The first-order valence-electron chi connectivity index (χ1n) is 7.22. The molecule has 1 aromatic carbocycles. The topological polar surface area (TPSA) is 18.5 Å². The van der Waals surface area contributed by atoms with Gasteiger partial charge in [0.25, 0.3) is 0 Å². The molecule has 0 amide bonds. The van der Waals surface area contributed by atoms with Crippen molar-refractivity contribution in [1.29, 1.82) is 0 Å². The molecule has 2 atom stereocenters. The van der Waals surface area contributed by atoms with Gasteiger partial charge in [-0.05, 0) is 51.4 Å². The summed E-state index contributed by atoms with van der Waals surface area (Å²) in [4.78, 5) is 4.62. The van der Waals surface area contributed by atoms with E-state index < -0.39 is 0 Å². The van der Waals surface area contributed by atoms with Crippen molar-refractivity contribution in [2.75, 3.05) is 37.9 Å². The third-order valence-electron chi connectivity index (χ3n) is 4.27. The second-order valence-corrected chi connectivity index (χ2v) is 6.09. The van der Waals surface area contributed by atoms with Gasteiger partial charge in [-0.2, -0.15) is 0 Å². The van der Waals surface area contributed by atoms with Crippen molar-refractivity contribution in [2.24, 2.45) is 0 Å². The molecule has 0 radical (unpaired) electrons. The lowest BCUT2D eigenvalue weighted by molar-refractivity contribution is 0.190. The highest BCUT2D eigenvalue weighted by Gasteiger charge is 2.22. The van der Waals surface area contributed by atoms with Crippen molar-refractivity contribution in [3.8, 4) is 0 Å². The zero-order valence-corrected chi connectivity index (χ0v) is 12.9. The van der Waals surface area contributed by atoms with Crippen LogP contribution >= 0.6 is 0 Å². The minimum atomic E-state index is 0.601. The van der Waals surface area contributed by atoms with Gasteiger partial charge in [0.05, 0.1) is 0 Å². The molecule has 1 saturated heterocycles. The van der Waals surface area contributed by atoms with Crippen molar-refractivity contribution in [2.45, 2.75) is 38.8 Å². The van der Waals surface area contributed by atoms with Crippen molar-refractivity contribution < 1.29 is 0 Å². The van der Waals surface area contributed by atoms with Crippen LogP contribution in [0.3, 0.4) is 0 Å². The maximum atomic E-state index is 3.70. The monoisotopic (exact) mass is 261 g/mol. The fraction of sp³-hybridized carbons (Fsp3) is 0.625. The molecule has 1 heterocycles. The van der Waals surface area contributed by atoms with Crippen LogP contribution in [0.5, 0.6) is 0 Å². The second-order valence-electron chi connectivity index (χ2n) is 6.09. The molecule has 1 aromatic rings. The lowest BCUT2D eigenvalue weighted by Crippen LogP contribution is -2.42. The SMILES string of the molecule is Cc1ccc(NC2CCN(C)C(C)C2)cc1N(C)C. The lowest BCUT2D eigenvalue weighted by Gasteiger charge is -2.36. The predicted octanol–water partition coefficient (Wildman–Crippen LogP) is 2.96. The van der Waals surface area contributed by atoms with Crippen LogP contribution in [-0.2, 0) is 0 Å². The molecule has 19 heavy (non-hydrogen) atoms. The first-order valence-corrected chi connectivity index (χ1v) is 7.22. The summed E-state index contributed by atoms with van der Waals surface area (Å²) in [5.41, 5.74) is 3.87. The smallest absolute Gasteiger partial charge is 0.0411 e. The normalized spacial score (nSPS) is 24.3. The van der Waals surface area contributed by atoms with E-state index in [4.69, 9.17) is 0 Å². The minimum Gasteiger partial charge on any atom is -0.382 e. The van der Waals surface area contributed by atoms with Crippen molar-refractivity contribution >= 4 is 11.4 Å². The maximum Gasteiger partial charge on any atom is 0.0411 e.